The Morgan fingerprint density at radius 3 is 2.35 bits per heavy atom. The molecule has 0 aromatic carbocycles. The lowest BCUT2D eigenvalue weighted by Crippen LogP contribution is -2.73. The second kappa shape index (κ2) is 7.18. The zero-order valence-corrected chi connectivity index (χ0v) is 20.6. The smallest absolute Gasteiger partial charge is 0.130 e. The van der Waals surface area contributed by atoms with Crippen LogP contribution in [0.15, 0.2) is 24.3 Å². The van der Waals surface area contributed by atoms with Crippen LogP contribution < -0.4 is 0 Å². The maximum absolute atomic E-state index is 10.4. The summed E-state index contributed by atoms with van der Waals surface area (Å²) in [7, 11) is 0. The van der Waals surface area contributed by atoms with Crippen molar-refractivity contribution >= 4 is 0 Å². The van der Waals surface area contributed by atoms with E-state index in [0.717, 1.165) is 12.8 Å². The fraction of sp³-hybridized carbons (Fsp3) is 0.857. The van der Waals surface area contributed by atoms with E-state index in [1.54, 1.807) is 0 Å². The molecule has 1 saturated heterocycles. The normalized spacial score (nSPS) is 52.8. The van der Waals surface area contributed by atoms with E-state index >= 15 is 0 Å². The average molecular weight is 429 g/mol. The highest BCUT2D eigenvalue weighted by Crippen LogP contribution is 2.72. The van der Waals surface area contributed by atoms with Gasteiger partial charge in [-0.1, -0.05) is 59.8 Å². The molecule has 1 N–H and O–H groups in total. The van der Waals surface area contributed by atoms with Crippen LogP contribution in [0.25, 0.3) is 0 Å². The van der Waals surface area contributed by atoms with Crippen LogP contribution in [0.5, 0.6) is 0 Å². The molecule has 0 aromatic rings. The van der Waals surface area contributed by atoms with Crippen LogP contribution in [-0.2, 0) is 9.78 Å². The van der Waals surface area contributed by atoms with Gasteiger partial charge in [-0.05, 0) is 73.7 Å². The van der Waals surface area contributed by atoms with E-state index in [0.29, 0.717) is 41.9 Å². The van der Waals surface area contributed by atoms with Crippen LogP contribution >= 0.6 is 0 Å². The first-order valence-electron chi connectivity index (χ1n) is 13.0. The molecular weight excluding hydrogens is 384 g/mol. The third-order valence-corrected chi connectivity index (χ3v) is 11.1. The van der Waals surface area contributed by atoms with Gasteiger partial charge in [0.2, 0.25) is 0 Å². The Morgan fingerprint density at radius 2 is 1.68 bits per heavy atom. The molecule has 6 aliphatic rings. The molecule has 0 radical (unpaired) electrons. The van der Waals surface area contributed by atoms with E-state index in [1.165, 1.54) is 25.7 Å². The third kappa shape index (κ3) is 2.88. The quantitative estimate of drug-likeness (QED) is 0.412. The molecule has 0 aromatic heterocycles. The van der Waals surface area contributed by atoms with Crippen molar-refractivity contribution in [3.05, 3.63) is 24.3 Å². The first-order valence-corrected chi connectivity index (χ1v) is 13.0. The molecule has 2 spiro atoms. The molecule has 3 nitrogen and oxygen atoms in total. The van der Waals surface area contributed by atoms with E-state index in [2.05, 4.69) is 65.8 Å². The molecule has 3 saturated carbocycles. The Labute approximate surface area is 189 Å². The van der Waals surface area contributed by atoms with Crippen molar-refractivity contribution in [2.45, 2.75) is 104 Å². The minimum absolute atomic E-state index is 0.0663. The molecule has 6 rings (SSSR count). The molecule has 4 fully saturated rings. The van der Waals surface area contributed by atoms with Crippen LogP contribution in [0.3, 0.4) is 0 Å². The number of hydrogen-bond acceptors (Lipinski definition) is 3. The van der Waals surface area contributed by atoms with Crippen LogP contribution in [-0.4, -0.2) is 22.4 Å². The summed E-state index contributed by atoms with van der Waals surface area (Å²) in [6, 6.07) is 0. The largest absolute Gasteiger partial charge is 0.393 e. The summed E-state index contributed by atoms with van der Waals surface area (Å²) in [5, 5.41) is 10.4. The molecular formula is C28H44O3. The highest BCUT2D eigenvalue weighted by molar-refractivity contribution is 5.33. The Hall–Kier alpha value is -0.640. The van der Waals surface area contributed by atoms with Crippen molar-refractivity contribution in [1.82, 2.24) is 0 Å². The van der Waals surface area contributed by atoms with Gasteiger partial charge in [-0.25, -0.2) is 9.78 Å². The lowest BCUT2D eigenvalue weighted by Gasteiger charge is -2.69. The van der Waals surface area contributed by atoms with Gasteiger partial charge in [0.25, 0.3) is 0 Å². The van der Waals surface area contributed by atoms with Gasteiger partial charge < -0.3 is 5.11 Å². The lowest BCUT2D eigenvalue weighted by atomic mass is 9.43. The first kappa shape index (κ1) is 22.2. The molecule has 10 atom stereocenters. The predicted octanol–water partition coefficient (Wildman–Crippen LogP) is 6.47. The molecule has 174 valence electrons. The standard InChI is InChI=1S/C28H44O3/c1-18(2)19(3)7-8-20(4)22-9-10-23-25(22,5)13-12-24-26(6)14-11-21(29)17-27(26)15-16-28(23,24)31-30-27/h7-8,15-16,18-24,29H,9-14,17H2,1-6H3/b8-7+/t19-,20-,21?,22?,23?,24?,25-,26-,27-,28+/m1/s1. The minimum atomic E-state index is -0.439. The predicted molar refractivity (Wildman–Crippen MR) is 124 cm³/mol. The zero-order chi connectivity index (χ0) is 22.2. The fourth-order valence-electron chi connectivity index (χ4n) is 8.71. The van der Waals surface area contributed by atoms with Crippen molar-refractivity contribution in [3.63, 3.8) is 0 Å². The van der Waals surface area contributed by atoms with Gasteiger partial charge in [-0.2, -0.15) is 0 Å². The second-order valence-electron chi connectivity index (χ2n) is 12.7. The van der Waals surface area contributed by atoms with Crippen LogP contribution in [0.1, 0.15) is 86.5 Å². The maximum atomic E-state index is 10.4. The number of aliphatic hydroxyl groups is 1. The molecule has 0 amide bonds. The number of allylic oxidation sites excluding steroid dienone is 2. The number of hydrogen-bond donors (Lipinski definition) is 1. The minimum Gasteiger partial charge on any atom is -0.393 e. The average Bonchev–Trinajstić information content (AvgIpc) is 3.09. The molecule has 4 unspecified atom stereocenters. The Bertz CT molecular complexity index is 772. The number of rotatable bonds is 4. The van der Waals surface area contributed by atoms with Crippen molar-refractivity contribution < 1.29 is 14.9 Å². The highest BCUT2D eigenvalue weighted by atomic mass is 17.2. The summed E-state index contributed by atoms with van der Waals surface area (Å²) in [5.41, 5.74) is -0.366. The van der Waals surface area contributed by atoms with E-state index < -0.39 is 5.60 Å². The third-order valence-electron chi connectivity index (χ3n) is 11.1. The van der Waals surface area contributed by atoms with Crippen LogP contribution in [0.2, 0.25) is 0 Å². The van der Waals surface area contributed by atoms with Crippen molar-refractivity contribution in [1.29, 1.82) is 0 Å². The maximum Gasteiger partial charge on any atom is 0.130 e. The zero-order valence-electron chi connectivity index (χ0n) is 20.6. The Kier molecular flexibility index (Phi) is 5.13. The molecule has 4 aliphatic carbocycles. The van der Waals surface area contributed by atoms with E-state index in [4.69, 9.17) is 9.78 Å². The van der Waals surface area contributed by atoms with Crippen molar-refractivity contribution in [2.24, 2.45) is 46.3 Å². The second-order valence-corrected chi connectivity index (χ2v) is 12.7. The lowest BCUT2D eigenvalue weighted by molar-refractivity contribution is -0.497. The summed E-state index contributed by atoms with van der Waals surface area (Å²) in [4.78, 5) is 12.8. The molecule has 3 heteroatoms. The number of fused-ring (bicyclic) bond motifs is 2. The SMILES string of the molecule is CC(C)[C@H](C)/C=C/[C@@H](C)C1CCC2[C@]1(C)CCC1[C@]23C=C[C@]2(CC(O)CC[C@]12C)OO3. The van der Waals surface area contributed by atoms with Gasteiger partial charge in [0.05, 0.1) is 6.10 Å². The number of aliphatic hydroxyl groups excluding tert-OH is 1. The van der Waals surface area contributed by atoms with Gasteiger partial charge in [0.15, 0.2) is 0 Å². The van der Waals surface area contributed by atoms with Gasteiger partial charge >= 0.3 is 0 Å². The van der Waals surface area contributed by atoms with Gasteiger partial charge in [-0.3, -0.25) is 0 Å². The first-order chi connectivity index (χ1) is 14.6. The Balaban J connectivity index is 1.45. The monoisotopic (exact) mass is 428 g/mol. The van der Waals surface area contributed by atoms with Crippen LogP contribution in [0, 0.1) is 46.3 Å². The molecule has 2 aliphatic heterocycles. The van der Waals surface area contributed by atoms with E-state index in [1.807, 2.05) is 0 Å². The molecule has 2 heterocycles. The van der Waals surface area contributed by atoms with Crippen LogP contribution in [0.4, 0.5) is 0 Å². The van der Waals surface area contributed by atoms with Crippen molar-refractivity contribution in [2.75, 3.05) is 0 Å². The summed E-state index contributed by atoms with van der Waals surface area (Å²) in [5.74, 6) is 3.64. The molecule has 2 bridgehead atoms. The van der Waals surface area contributed by atoms with Gasteiger partial charge in [0.1, 0.15) is 11.2 Å². The topological polar surface area (TPSA) is 38.7 Å². The van der Waals surface area contributed by atoms with E-state index in [-0.39, 0.29) is 22.5 Å². The van der Waals surface area contributed by atoms with Crippen molar-refractivity contribution in [3.8, 4) is 0 Å². The fourth-order valence-corrected chi connectivity index (χ4v) is 8.71. The summed E-state index contributed by atoms with van der Waals surface area (Å²) >= 11 is 0. The summed E-state index contributed by atoms with van der Waals surface area (Å²) < 4.78 is 0. The summed E-state index contributed by atoms with van der Waals surface area (Å²) in [6.45, 7) is 14.4. The summed E-state index contributed by atoms with van der Waals surface area (Å²) in [6.07, 6.45) is 17.0. The molecule has 31 heavy (non-hydrogen) atoms. The highest BCUT2D eigenvalue weighted by Gasteiger charge is 2.74. The van der Waals surface area contributed by atoms with Gasteiger partial charge in [0, 0.05) is 23.7 Å². The Morgan fingerprint density at radius 1 is 0.903 bits per heavy atom. The van der Waals surface area contributed by atoms with Gasteiger partial charge in [-0.15, -0.1) is 0 Å². The van der Waals surface area contributed by atoms with E-state index in [9.17, 15) is 5.11 Å².